The molecule has 0 spiro atoms. The molecule has 2 aromatic carbocycles. The Bertz CT molecular complexity index is 785. The molecule has 0 saturated carbocycles. The van der Waals surface area contributed by atoms with E-state index in [2.05, 4.69) is 28.2 Å². The fourth-order valence-corrected chi connectivity index (χ4v) is 3.17. The minimum absolute atomic E-state index is 0.332. The molecule has 2 aromatic rings. The molecule has 0 radical (unpaired) electrons. The smallest absolute Gasteiger partial charge is 0.346 e. The number of nitrogens with one attached hydrogen (secondary N) is 1. The molecule has 5 heteroatoms. The van der Waals surface area contributed by atoms with E-state index in [4.69, 9.17) is 0 Å². The van der Waals surface area contributed by atoms with Gasteiger partial charge in [0.25, 0.3) is 0 Å². The second kappa shape index (κ2) is 7.10. The molecule has 0 saturated heterocycles. The lowest BCUT2D eigenvalue weighted by molar-refractivity contribution is -0.137. The molecule has 1 N–H and O–H groups in total. The molecule has 0 fully saturated rings. The molecular weight excluding hydrogens is 325 g/mol. The summed E-state index contributed by atoms with van der Waals surface area (Å²) in [6.45, 7) is 3.25. The Balaban J connectivity index is 1.88. The largest absolute Gasteiger partial charge is 0.416 e. The van der Waals surface area contributed by atoms with Crippen molar-refractivity contribution in [1.29, 1.82) is 0 Å². The Morgan fingerprint density at radius 2 is 1.84 bits per heavy atom. The van der Waals surface area contributed by atoms with Crippen LogP contribution in [-0.2, 0) is 12.6 Å². The van der Waals surface area contributed by atoms with Gasteiger partial charge in [0, 0.05) is 30.5 Å². The van der Waals surface area contributed by atoms with Crippen molar-refractivity contribution in [3.8, 4) is 12.0 Å². The van der Waals surface area contributed by atoms with Gasteiger partial charge < -0.3 is 10.2 Å². The van der Waals surface area contributed by atoms with Crippen molar-refractivity contribution >= 4 is 11.4 Å². The summed E-state index contributed by atoms with van der Waals surface area (Å²) >= 11 is 0. The van der Waals surface area contributed by atoms with Gasteiger partial charge in [-0.05, 0) is 55.2 Å². The zero-order valence-electron chi connectivity index (χ0n) is 13.9. The summed E-state index contributed by atoms with van der Waals surface area (Å²) in [7, 11) is 0. The SMILES string of the molecule is CC#CNCC1Cc2ccccc2N(c2ccc(C(F)(F)F)cc2)C1. The van der Waals surface area contributed by atoms with E-state index in [0.29, 0.717) is 5.92 Å². The van der Waals surface area contributed by atoms with Crippen LogP contribution in [0, 0.1) is 17.9 Å². The average Bonchev–Trinajstić information content (AvgIpc) is 2.61. The van der Waals surface area contributed by atoms with E-state index >= 15 is 0 Å². The van der Waals surface area contributed by atoms with Gasteiger partial charge in [-0.15, -0.1) is 0 Å². The molecule has 130 valence electrons. The molecule has 25 heavy (non-hydrogen) atoms. The maximum atomic E-state index is 12.8. The fraction of sp³-hybridized carbons (Fsp3) is 0.300. The summed E-state index contributed by atoms with van der Waals surface area (Å²) in [4.78, 5) is 2.09. The number of nitrogens with zero attached hydrogens (tertiary/aromatic N) is 1. The zero-order chi connectivity index (χ0) is 17.9. The number of hydrogen-bond acceptors (Lipinski definition) is 2. The highest BCUT2D eigenvalue weighted by atomic mass is 19.4. The van der Waals surface area contributed by atoms with E-state index in [-0.39, 0.29) is 0 Å². The third-order valence-corrected chi connectivity index (χ3v) is 4.34. The van der Waals surface area contributed by atoms with Gasteiger partial charge >= 0.3 is 6.18 Å². The van der Waals surface area contributed by atoms with E-state index in [9.17, 15) is 13.2 Å². The molecule has 1 heterocycles. The zero-order valence-corrected chi connectivity index (χ0v) is 13.9. The second-order valence-corrected chi connectivity index (χ2v) is 6.11. The highest BCUT2D eigenvalue weighted by Gasteiger charge is 2.31. The molecule has 1 aliphatic heterocycles. The third-order valence-electron chi connectivity index (χ3n) is 4.34. The number of fused-ring (bicyclic) bond motifs is 1. The summed E-state index contributed by atoms with van der Waals surface area (Å²) in [6.07, 6.45) is -3.39. The van der Waals surface area contributed by atoms with E-state index in [0.717, 1.165) is 43.0 Å². The van der Waals surface area contributed by atoms with Crippen LogP contribution in [0.25, 0.3) is 0 Å². The number of benzene rings is 2. The second-order valence-electron chi connectivity index (χ2n) is 6.11. The number of alkyl halides is 3. The van der Waals surface area contributed by atoms with Crippen LogP contribution in [-0.4, -0.2) is 13.1 Å². The minimum atomic E-state index is -4.32. The van der Waals surface area contributed by atoms with Gasteiger partial charge in [-0.2, -0.15) is 13.2 Å². The van der Waals surface area contributed by atoms with Crippen LogP contribution < -0.4 is 10.2 Å². The Labute approximate surface area is 145 Å². The lowest BCUT2D eigenvalue weighted by Gasteiger charge is -2.36. The molecule has 3 rings (SSSR count). The average molecular weight is 344 g/mol. The molecule has 2 nitrogen and oxygen atoms in total. The van der Waals surface area contributed by atoms with Crippen molar-refractivity contribution in [3.63, 3.8) is 0 Å². The monoisotopic (exact) mass is 344 g/mol. The van der Waals surface area contributed by atoms with Crippen LogP contribution in [0.15, 0.2) is 48.5 Å². The lowest BCUT2D eigenvalue weighted by atomic mass is 9.92. The van der Waals surface area contributed by atoms with Crippen LogP contribution in [0.3, 0.4) is 0 Å². The Kier molecular flexibility index (Phi) is 4.89. The highest BCUT2D eigenvalue weighted by Crippen LogP contribution is 2.37. The molecule has 0 bridgehead atoms. The summed E-state index contributed by atoms with van der Waals surface area (Å²) in [5, 5.41) is 3.10. The van der Waals surface area contributed by atoms with Gasteiger partial charge in [0.1, 0.15) is 0 Å². The van der Waals surface area contributed by atoms with E-state index in [1.54, 1.807) is 19.1 Å². The number of para-hydroxylation sites is 1. The predicted molar refractivity (Wildman–Crippen MR) is 93.5 cm³/mol. The van der Waals surface area contributed by atoms with Crippen LogP contribution in [0.2, 0.25) is 0 Å². The third kappa shape index (κ3) is 3.90. The fourth-order valence-electron chi connectivity index (χ4n) is 3.17. The summed E-state index contributed by atoms with van der Waals surface area (Å²) in [5.41, 5.74) is 2.40. The standard InChI is InChI=1S/C20H19F3N2/c1-2-11-24-13-15-12-16-5-3-4-6-19(16)25(14-15)18-9-7-17(8-10-18)20(21,22)23/h3-10,15,24H,12-14H2,1H3. The lowest BCUT2D eigenvalue weighted by Crippen LogP contribution is -2.36. The first-order valence-electron chi connectivity index (χ1n) is 8.16. The number of halogens is 3. The van der Waals surface area contributed by atoms with Crippen LogP contribution >= 0.6 is 0 Å². The van der Waals surface area contributed by atoms with Gasteiger partial charge in [-0.3, -0.25) is 0 Å². The Morgan fingerprint density at radius 3 is 2.52 bits per heavy atom. The molecule has 0 aliphatic carbocycles. The van der Waals surface area contributed by atoms with Crippen molar-refractivity contribution in [2.45, 2.75) is 19.5 Å². The van der Waals surface area contributed by atoms with E-state index < -0.39 is 11.7 Å². The van der Waals surface area contributed by atoms with Crippen molar-refractivity contribution in [2.24, 2.45) is 5.92 Å². The first-order valence-corrected chi connectivity index (χ1v) is 8.16. The van der Waals surface area contributed by atoms with E-state index in [1.165, 1.54) is 5.56 Å². The Hall–Kier alpha value is -2.61. The summed E-state index contributed by atoms with van der Waals surface area (Å²) in [6, 6.07) is 16.3. The van der Waals surface area contributed by atoms with Gasteiger partial charge in [-0.25, -0.2) is 0 Å². The van der Waals surface area contributed by atoms with Crippen molar-refractivity contribution in [2.75, 3.05) is 18.0 Å². The minimum Gasteiger partial charge on any atom is -0.346 e. The molecular formula is C20H19F3N2. The van der Waals surface area contributed by atoms with Crippen LogP contribution in [0.1, 0.15) is 18.1 Å². The molecule has 1 atom stereocenters. The number of hydrogen-bond donors (Lipinski definition) is 1. The normalized spacial score (nSPS) is 16.6. The van der Waals surface area contributed by atoms with Crippen LogP contribution in [0.4, 0.5) is 24.5 Å². The maximum absolute atomic E-state index is 12.8. The Morgan fingerprint density at radius 1 is 1.12 bits per heavy atom. The first kappa shape index (κ1) is 17.2. The molecule has 0 aromatic heterocycles. The molecule has 1 aliphatic rings. The number of anilines is 2. The number of rotatable bonds is 3. The quantitative estimate of drug-likeness (QED) is 0.647. The maximum Gasteiger partial charge on any atom is 0.416 e. The van der Waals surface area contributed by atoms with E-state index in [1.807, 2.05) is 18.2 Å². The van der Waals surface area contributed by atoms with Gasteiger partial charge in [-0.1, -0.05) is 24.1 Å². The molecule has 0 amide bonds. The van der Waals surface area contributed by atoms with Crippen molar-refractivity contribution in [1.82, 2.24) is 5.32 Å². The highest BCUT2D eigenvalue weighted by molar-refractivity contribution is 5.68. The van der Waals surface area contributed by atoms with Crippen molar-refractivity contribution in [3.05, 3.63) is 59.7 Å². The van der Waals surface area contributed by atoms with Gasteiger partial charge in [0.05, 0.1) is 5.56 Å². The van der Waals surface area contributed by atoms with Crippen LogP contribution in [0.5, 0.6) is 0 Å². The molecule has 1 unspecified atom stereocenters. The van der Waals surface area contributed by atoms with Gasteiger partial charge in [0.15, 0.2) is 0 Å². The van der Waals surface area contributed by atoms with Gasteiger partial charge in [0.2, 0.25) is 0 Å². The predicted octanol–water partition coefficient (Wildman–Crippen LogP) is 4.59. The van der Waals surface area contributed by atoms with Crippen molar-refractivity contribution < 1.29 is 13.2 Å². The first-order chi connectivity index (χ1) is 12.0. The topological polar surface area (TPSA) is 15.3 Å². The summed E-state index contributed by atoms with van der Waals surface area (Å²) < 4.78 is 38.4. The summed E-state index contributed by atoms with van der Waals surface area (Å²) in [5.74, 6) is 3.14.